The Kier molecular flexibility index (Phi) is 5.05. The maximum absolute atomic E-state index is 12.5. The summed E-state index contributed by atoms with van der Waals surface area (Å²) in [6.45, 7) is 5.75. The van der Waals surface area contributed by atoms with Crippen LogP contribution in [0.15, 0.2) is 33.3 Å². The number of hydrogen-bond donors (Lipinski definition) is 1. The Morgan fingerprint density at radius 3 is 2.74 bits per heavy atom. The van der Waals surface area contributed by atoms with E-state index in [0.29, 0.717) is 22.5 Å². The van der Waals surface area contributed by atoms with Gasteiger partial charge in [0.05, 0.1) is 11.1 Å². The Morgan fingerprint density at radius 2 is 2.09 bits per heavy atom. The number of nitrogens with zero attached hydrogens (tertiary/aromatic N) is 3. The number of hydrogen-bond acceptors (Lipinski definition) is 5. The second-order valence-corrected chi connectivity index (χ2v) is 6.04. The Morgan fingerprint density at radius 1 is 1.39 bits per heavy atom. The molecule has 0 aliphatic heterocycles. The van der Waals surface area contributed by atoms with Gasteiger partial charge in [-0.05, 0) is 12.5 Å². The fourth-order valence-corrected chi connectivity index (χ4v) is 3.14. The minimum absolute atomic E-state index is 0.152. The van der Waals surface area contributed by atoms with Crippen LogP contribution in [0.2, 0.25) is 0 Å². The van der Waals surface area contributed by atoms with E-state index >= 15 is 0 Å². The first kappa shape index (κ1) is 17.0. The van der Waals surface area contributed by atoms with Crippen molar-refractivity contribution >= 4 is 28.7 Å². The van der Waals surface area contributed by atoms with E-state index in [4.69, 9.17) is 0 Å². The van der Waals surface area contributed by atoms with Crippen molar-refractivity contribution in [1.29, 1.82) is 0 Å². The maximum Gasteiger partial charge on any atom is 0.332 e. The summed E-state index contributed by atoms with van der Waals surface area (Å²) in [4.78, 5) is 41.1. The number of thioether (sulfide) groups is 1. The number of pyridine rings is 1. The molecule has 1 amide bonds. The first-order valence-corrected chi connectivity index (χ1v) is 7.92. The van der Waals surface area contributed by atoms with Crippen molar-refractivity contribution in [3.63, 3.8) is 0 Å². The molecule has 2 aromatic rings. The fourth-order valence-electron chi connectivity index (χ4n) is 2.16. The van der Waals surface area contributed by atoms with Gasteiger partial charge in [-0.1, -0.05) is 6.08 Å². The van der Waals surface area contributed by atoms with Gasteiger partial charge < -0.3 is 5.32 Å². The van der Waals surface area contributed by atoms with Gasteiger partial charge in [0.25, 0.3) is 5.56 Å². The number of fused-ring (bicyclic) bond motifs is 1. The van der Waals surface area contributed by atoms with Gasteiger partial charge in [-0.2, -0.15) is 0 Å². The Balaban J connectivity index is 2.53. The summed E-state index contributed by atoms with van der Waals surface area (Å²) >= 11 is 1.26. The molecule has 8 heteroatoms. The van der Waals surface area contributed by atoms with Crippen LogP contribution in [0.25, 0.3) is 11.0 Å². The molecule has 0 atom stereocenters. The average Bonchev–Trinajstić information content (AvgIpc) is 2.54. The summed E-state index contributed by atoms with van der Waals surface area (Å²) in [7, 11) is 3.00. The highest BCUT2D eigenvalue weighted by atomic mass is 32.2. The third-order valence-electron chi connectivity index (χ3n) is 3.39. The van der Waals surface area contributed by atoms with E-state index in [1.807, 2.05) is 6.92 Å². The van der Waals surface area contributed by atoms with Crippen LogP contribution in [-0.2, 0) is 18.9 Å². The van der Waals surface area contributed by atoms with Gasteiger partial charge in [-0.25, -0.2) is 9.78 Å². The number of rotatable bonds is 5. The van der Waals surface area contributed by atoms with Crippen molar-refractivity contribution < 1.29 is 4.79 Å². The Bertz CT molecular complexity index is 898. The van der Waals surface area contributed by atoms with Gasteiger partial charge in [0.1, 0.15) is 5.65 Å². The van der Waals surface area contributed by atoms with Crippen LogP contribution in [0, 0.1) is 6.92 Å². The third kappa shape index (κ3) is 3.21. The summed E-state index contributed by atoms with van der Waals surface area (Å²) < 4.78 is 2.38. The predicted molar refractivity (Wildman–Crippen MR) is 90.9 cm³/mol. The molecule has 122 valence electrons. The second kappa shape index (κ2) is 6.82. The molecule has 2 aromatic heterocycles. The fraction of sp³-hybridized carbons (Fsp3) is 0.333. The minimum atomic E-state index is -0.432. The monoisotopic (exact) mass is 334 g/mol. The van der Waals surface area contributed by atoms with Crippen LogP contribution < -0.4 is 16.6 Å². The molecule has 2 heterocycles. The number of amides is 1. The zero-order valence-electron chi connectivity index (χ0n) is 13.3. The SMILES string of the molecule is C=CCNC(=O)CSc1c(C)cnc2c1c(=O)n(C)c(=O)n2C. The van der Waals surface area contributed by atoms with Crippen molar-refractivity contribution in [1.82, 2.24) is 19.4 Å². The topological polar surface area (TPSA) is 86.0 Å². The molecule has 0 aliphatic rings. The molecule has 0 spiro atoms. The number of carbonyl (C=O) groups is 1. The van der Waals surface area contributed by atoms with Crippen molar-refractivity contribution in [2.75, 3.05) is 12.3 Å². The first-order chi connectivity index (χ1) is 10.9. The van der Waals surface area contributed by atoms with E-state index < -0.39 is 11.2 Å². The van der Waals surface area contributed by atoms with Crippen LogP contribution in [0.4, 0.5) is 0 Å². The standard InChI is InChI=1S/C15H18N4O3S/c1-5-6-16-10(20)8-23-12-9(2)7-17-13-11(12)14(21)19(4)15(22)18(13)3/h5,7H,1,6,8H2,2-4H3,(H,16,20). The molecule has 2 rings (SSSR count). The lowest BCUT2D eigenvalue weighted by molar-refractivity contribution is -0.118. The maximum atomic E-state index is 12.5. The molecule has 0 saturated heterocycles. The summed E-state index contributed by atoms with van der Waals surface area (Å²) in [5, 5.41) is 3.04. The lowest BCUT2D eigenvalue weighted by Gasteiger charge is -2.12. The van der Waals surface area contributed by atoms with Crippen LogP contribution in [-0.4, -0.2) is 32.3 Å². The highest BCUT2D eigenvalue weighted by Gasteiger charge is 2.16. The lowest BCUT2D eigenvalue weighted by atomic mass is 10.2. The molecule has 0 saturated carbocycles. The molecule has 0 aliphatic carbocycles. The third-order valence-corrected chi connectivity index (χ3v) is 4.61. The van der Waals surface area contributed by atoms with E-state index in [0.717, 1.165) is 10.1 Å². The normalized spacial score (nSPS) is 10.7. The van der Waals surface area contributed by atoms with Gasteiger partial charge in [0.2, 0.25) is 5.91 Å². The molecule has 7 nitrogen and oxygen atoms in total. The molecule has 0 unspecified atom stereocenters. The molecule has 0 bridgehead atoms. The molecular formula is C15H18N4O3S. The van der Waals surface area contributed by atoms with Gasteiger partial charge in [-0.15, -0.1) is 18.3 Å². The molecule has 0 fully saturated rings. The summed E-state index contributed by atoms with van der Waals surface area (Å²) in [6, 6.07) is 0. The van der Waals surface area contributed by atoms with E-state index in [1.165, 1.54) is 23.4 Å². The zero-order chi connectivity index (χ0) is 17.1. The summed E-state index contributed by atoms with van der Waals surface area (Å²) in [5.74, 6) is 0.0145. The van der Waals surface area contributed by atoms with Gasteiger partial charge in [0, 0.05) is 31.7 Å². The lowest BCUT2D eigenvalue weighted by Crippen LogP contribution is -2.37. The molecule has 0 radical (unpaired) electrons. The predicted octanol–water partition coefficient (Wildman–Crippen LogP) is 0.335. The number of carbonyl (C=O) groups excluding carboxylic acids is 1. The number of nitrogens with one attached hydrogen (secondary N) is 1. The summed E-state index contributed by atoms with van der Waals surface area (Å²) in [6.07, 6.45) is 3.20. The average molecular weight is 334 g/mol. The Labute approximate surface area is 137 Å². The Hall–Kier alpha value is -2.35. The van der Waals surface area contributed by atoms with Crippen molar-refractivity contribution in [3.8, 4) is 0 Å². The first-order valence-electron chi connectivity index (χ1n) is 6.94. The number of aryl methyl sites for hydroxylation is 2. The van der Waals surface area contributed by atoms with Crippen molar-refractivity contribution in [3.05, 3.63) is 45.3 Å². The largest absolute Gasteiger partial charge is 0.352 e. The van der Waals surface area contributed by atoms with Gasteiger partial charge >= 0.3 is 5.69 Å². The smallest absolute Gasteiger partial charge is 0.332 e. The van der Waals surface area contributed by atoms with E-state index in [2.05, 4.69) is 16.9 Å². The van der Waals surface area contributed by atoms with Crippen LogP contribution >= 0.6 is 11.8 Å². The van der Waals surface area contributed by atoms with Crippen LogP contribution in [0.3, 0.4) is 0 Å². The van der Waals surface area contributed by atoms with Gasteiger partial charge in [-0.3, -0.25) is 18.7 Å². The molecule has 1 N–H and O–H groups in total. The molecule has 0 aromatic carbocycles. The van der Waals surface area contributed by atoms with Crippen molar-refractivity contribution in [2.24, 2.45) is 14.1 Å². The second-order valence-electron chi connectivity index (χ2n) is 5.06. The quantitative estimate of drug-likeness (QED) is 0.629. The highest BCUT2D eigenvalue weighted by Crippen LogP contribution is 2.27. The van der Waals surface area contributed by atoms with E-state index in [1.54, 1.807) is 19.3 Å². The zero-order valence-corrected chi connectivity index (χ0v) is 14.1. The molecule has 23 heavy (non-hydrogen) atoms. The van der Waals surface area contributed by atoms with E-state index in [-0.39, 0.29) is 11.7 Å². The highest BCUT2D eigenvalue weighted by molar-refractivity contribution is 8.00. The van der Waals surface area contributed by atoms with Crippen LogP contribution in [0.1, 0.15) is 5.56 Å². The van der Waals surface area contributed by atoms with E-state index in [9.17, 15) is 14.4 Å². The van der Waals surface area contributed by atoms with Crippen LogP contribution in [0.5, 0.6) is 0 Å². The van der Waals surface area contributed by atoms with Gasteiger partial charge in [0.15, 0.2) is 0 Å². The van der Waals surface area contributed by atoms with Crippen molar-refractivity contribution in [2.45, 2.75) is 11.8 Å². The summed E-state index contributed by atoms with van der Waals surface area (Å²) in [5.41, 5.74) is 0.263. The molecular weight excluding hydrogens is 316 g/mol. The number of aromatic nitrogens is 3. The minimum Gasteiger partial charge on any atom is -0.352 e.